The van der Waals surface area contributed by atoms with Crippen LogP contribution < -0.4 is 4.72 Å². The summed E-state index contributed by atoms with van der Waals surface area (Å²) in [6, 6.07) is 0. The van der Waals surface area contributed by atoms with Crippen molar-refractivity contribution in [3.05, 3.63) is 12.7 Å². The van der Waals surface area contributed by atoms with Crippen LogP contribution >= 0.6 is 0 Å². The second-order valence-corrected chi connectivity index (χ2v) is 5.78. The van der Waals surface area contributed by atoms with E-state index in [0.29, 0.717) is 11.0 Å². The van der Waals surface area contributed by atoms with E-state index in [-0.39, 0.29) is 0 Å². The van der Waals surface area contributed by atoms with E-state index >= 15 is 0 Å². The number of quaternary nitrogens is 1. The third kappa shape index (κ3) is 3.10. The van der Waals surface area contributed by atoms with Crippen molar-refractivity contribution in [2.75, 3.05) is 27.7 Å². The van der Waals surface area contributed by atoms with E-state index in [1.807, 2.05) is 14.1 Å². The fourth-order valence-electron chi connectivity index (χ4n) is 1.03. The lowest BCUT2D eigenvalue weighted by Gasteiger charge is -2.34. The number of sulfonamides is 1. The molecule has 78 valence electrons. The Hall–Kier alpha value is -0.390. The van der Waals surface area contributed by atoms with Crippen LogP contribution in [0, 0.1) is 0 Å². The van der Waals surface area contributed by atoms with Crippen molar-refractivity contribution in [1.29, 1.82) is 0 Å². The average molecular weight is 207 g/mol. The molecule has 0 spiro atoms. The molecule has 5 heteroatoms. The number of nitrogens with zero attached hydrogens (tertiary/aromatic N) is 1. The minimum atomic E-state index is -3.20. The first kappa shape index (κ1) is 12.6. The molecule has 0 saturated heterocycles. The van der Waals surface area contributed by atoms with Gasteiger partial charge in [0.15, 0.2) is 0 Å². The van der Waals surface area contributed by atoms with Crippen LogP contribution in [0.4, 0.5) is 0 Å². The normalized spacial score (nSPS) is 15.4. The molecular weight excluding hydrogens is 188 g/mol. The van der Waals surface area contributed by atoms with Gasteiger partial charge in [-0.25, -0.2) is 13.1 Å². The molecule has 0 rings (SSSR count). The monoisotopic (exact) mass is 207 g/mol. The summed E-state index contributed by atoms with van der Waals surface area (Å²) in [5.41, 5.74) is 0. The molecule has 4 nitrogen and oxygen atoms in total. The lowest BCUT2D eigenvalue weighted by molar-refractivity contribution is -0.893. The third-order valence-electron chi connectivity index (χ3n) is 2.32. The van der Waals surface area contributed by atoms with Gasteiger partial charge in [0.2, 0.25) is 5.37 Å². The minimum absolute atomic E-state index is 0.382. The zero-order valence-corrected chi connectivity index (χ0v) is 9.56. The maximum absolute atomic E-state index is 11.5. The summed E-state index contributed by atoms with van der Waals surface area (Å²) >= 11 is 0. The lowest BCUT2D eigenvalue weighted by atomic mass is 10.4. The van der Waals surface area contributed by atoms with Gasteiger partial charge in [-0.2, -0.15) is 0 Å². The van der Waals surface area contributed by atoms with Crippen LogP contribution in [0.5, 0.6) is 0 Å². The summed E-state index contributed by atoms with van der Waals surface area (Å²) in [5.74, 6) is 0. The zero-order chi connectivity index (χ0) is 10.7. The number of likely N-dealkylation sites (N-methyl/N-ethyl adjacent to an activating group) is 1. The summed E-state index contributed by atoms with van der Waals surface area (Å²) in [6.07, 6.45) is 1.72. The van der Waals surface area contributed by atoms with E-state index in [1.165, 1.54) is 7.05 Å². The fourth-order valence-corrected chi connectivity index (χ4v) is 2.21. The van der Waals surface area contributed by atoms with Gasteiger partial charge in [0, 0.05) is 6.92 Å². The van der Waals surface area contributed by atoms with Gasteiger partial charge in [-0.3, -0.25) is 0 Å². The summed E-state index contributed by atoms with van der Waals surface area (Å²) in [7, 11) is 1.95. The zero-order valence-electron chi connectivity index (χ0n) is 8.74. The maximum Gasteiger partial charge on any atom is 0.265 e. The van der Waals surface area contributed by atoms with Gasteiger partial charge in [0.05, 0.1) is 20.6 Å². The highest BCUT2D eigenvalue weighted by Crippen LogP contribution is 2.11. The summed E-state index contributed by atoms with van der Waals surface area (Å²) in [4.78, 5) is 0. The topological polar surface area (TPSA) is 46.2 Å². The Morgan fingerprint density at radius 1 is 1.54 bits per heavy atom. The molecule has 0 heterocycles. The summed E-state index contributed by atoms with van der Waals surface area (Å²) < 4.78 is 25.6. The molecule has 1 N–H and O–H groups in total. The number of nitrogens with one attached hydrogen (secondary N) is 1. The molecule has 0 bridgehead atoms. The molecule has 0 aliphatic carbocycles. The highest BCUT2D eigenvalue weighted by molar-refractivity contribution is 7.89. The quantitative estimate of drug-likeness (QED) is 0.515. The van der Waals surface area contributed by atoms with Gasteiger partial charge in [-0.05, 0) is 13.1 Å². The van der Waals surface area contributed by atoms with E-state index in [1.54, 1.807) is 13.0 Å². The Labute approximate surface area is 80.9 Å². The second kappa shape index (κ2) is 4.21. The predicted octanol–water partition coefficient (Wildman–Crippen LogP) is 0.144. The summed E-state index contributed by atoms with van der Waals surface area (Å²) in [5, 5.41) is -0.476. The fraction of sp³-hybridized carbons (Fsp3) is 0.750. The second-order valence-electron chi connectivity index (χ2n) is 3.60. The largest absolute Gasteiger partial charge is 0.309 e. The number of hydrogen-bond donors (Lipinski definition) is 1. The molecule has 0 radical (unpaired) electrons. The molecule has 1 atom stereocenters. The van der Waals surface area contributed by atoms with Crippen LogP contribution in [-0.4, -0.2) is 46.0 Å². The Kier molecular flexibility index (Phi) is 4.09. The predicted molar refractivity (Wildman–Crippen MR) is 54.6 cm³/mol. The van der Waals surface area contributed by atoms with Crippen molar-refractivity contribution in [3.63, 3.8) is 0 Å². The van der Waals surface area contributed by atoms with Crippen molar-refractivity contribution in [2.24, 2.45) is 0 Å². The molecule has 0 saturated carbocycles. The number of hydrogen-bond acceptors (Lipinski definition) is 2. The van der Waals surface area contributed by atoms with Crippen molar-refractivity contribution in [2.45, 2.75) is 12.3 Å². The Bertz CT molecular complexity index is 270. The Morgan fingerprint density at radius 2 is 2.00 bits per heavy atom. The van der Waals surface area contributed by atoms with Crippen molar-refractivity contribution in [3.8, 4) is 0 Å². The standard InChI is InChI=1S/C8H19N2O2S/c1-6-7-10(4,5)8(2)13(11,12)9-3/h6,8-9H,1,7H2,2-5H3/q+1. The molecule has 0 aromatic heterocycles. The maximum atomic E-state index is 11.5. The van der Waals surface area contributed by atoms with E-state index in [2.05, 4.69) is 11.3 Å². The summed E-state index contributed by atoms with van der Waals surface area (Å²) in [6.45, 7) is 5.92. The first-order valence-electron chi connectivity index (χ1n) is 4.14. The van der Waals surface area contributed by atoms with Crippen molar-refractivity contribution >= 4 is 10.0 Å². The van der Waals surface area contributed by atoms with Crippen LogP contribution in [0.1, 0.15) is 6.92 Å². The van der Waals surface area contributed by atoms with E-state index in [4.69, 9.17) is 0 Å². The van der Waals surface area contributed by atoms with Crippen LogP contribution in [0.15, 0.2) is 12.7 Å². The highest BCUT2D eigenvalue weighted by Gasteiger charge is 2.33. The van der Waals surface area contributed by atoms with Crippen LogP contribution in [0.3, 0.4) is 0 Å². The van der Waals surface area contributed by atoms with Crippen molar-refractivity contribution < 1.29 is 12.9 Å². The Balaban J connectivity index is 4.77. The third-order valence-corrected chi connectivity index (χ3v) is 4.36. The van der Waals surface area contributed by atoms with Gasteiger partial charge < -0.3 is 4.48 Å². The SMILES string of the molecule is C=CC[N+](C)(C)C(C)S(=O)(=O)NC. The average Bonchev–Trinajstić information content (AvgIpc) is 2.03. The molecule has 0 aliphatic rings. The molecule has 0 fully saturated rings. The molecule has 0 aliphatic heterocycles. The molecule has 0 aromatic carbocycles. The highest BCUT2D eigenvalue weighted by atomic mass is 32.2. The smallest absolute Gasteiger partial charge is 0.265 e. The van der Waals surface area contributed by atoms with Gasteiger partial charge in [0.25, 0.3) is 10.0 Å². The first-order valence-corrected chi connectivity index (χ1v) is 5.68. The van der Waals surface area contributed by atoms with E-state index < -0.39 is 15.4 Å². The molecule has 0 aromatic rings. The van der Waals surface area contributed by atoms with Gasteiger partial charge in [-0.1, -0.05) is 6.58 Å². The lowest BCUT2D eigenvalue weighted by Crippen LogP contribution is -2.53. The molecule has 0 amide bonds. The van der Waals surface area contributed by atoms with Crippen LogP contribution in [-0.2, 0) is 10.0 Å². The molecular formula is C8H19N2O2S+. The van der Waals surface area contributed by atoms with Crippen molar-refractivity contribution in [1.82, 2.24) is 4.72 Å². The minimum Gasteiger partial charge on any atom is -0.309 e. The molecule has 13 heavy (non-hydrogen) atoms. The van der Waals surface area contributed by atoms with Gasteiger partial charge in [-0.15, -0.1) is 0 Å². The van der Waals surface area contributed by atoms with Gasteiger partial charge in [0.1, 0.15) is 0 Å². The van der Waals surface area contributed by atoms with E-state index in [9.17, 15) is 8.42 Å². The van der Waals surface area contributed by atoms with E-state index in [0.717, 1.165) is 0 Å². The van der Waals surface area contributed by atoms with Crippen LogP contribution in [0.25, 0.3) is 0 Å². The van der Waals surface area contributed by atoms with Crippen LogP contribution in [0.2, 0.25) is 0 Å². The molecule has 1 unspecified atom stereocenters. The first-order chi connectivity index (χ1) is 5.78. The Morgan fingerprint density at radius 3 is 2.31 bits per heavy atom. The van der Waals surface area contributed by atoms with Gasteiger partial charge >= 0.3 is 0 Å². The number of rotatable bonds is 5.